The van der Waals surface area contributed by atoms with Crippen LogP contribution in [0, 0.1) is 5.92 Å². The third kappa shape index (κ3) is 4.65. The summed E-state index contributed by atoms with van der Waals surface area (Å²) in [4.78, 5) is 11.9. The lowest BCUT2D eigenvalue weighted by molar-refractivity contribution is -0.125. The largest absolute Gasteiger partial charge is 0.482 e. The van der Waals surface area contributed by atoms with Gasteiger partial charge < -0.3 is 15.8 Å². The quantitative estimate of drug-likeness (QED) is 0.816. The molecule has 0 bridgehead atoms. The molecule has 1 unspecified atom stereocenters. The predicted octanol–water partition coefficient (Wildman–Crippen LogP) is 2.97. The first kappa shape index (κ1) is 17.3. The highest BCUT2D eigenvalue weighted by atomic mass is 79.9. The Labute approximate surface area is 133 Å². The van der Waals surface area contributed by atoms with E-state index in [1.54, 1.807) is 18.2 Å². The van der Waals surface area contributed by atoms with Gasteiger partial charge in [-0.05, 0) is 31.0 Å². The molecule has 112 valence electrons. The van der Waals surface area contributed by atoms with E-state index in [0.717, 1.165) is 4.47 Å². The van der Waals surface area contributed by atoms with Crippen molar-refractivity contribution in [2.24, 2.45) is 11.7 Å². The number of rotatable bonds is 6. The number of amides is 1. The van der Waals surface area contributed by atoms with Gasteiger partial charge in [-0.3, -0.25) is 4.79 Å². The van der Waals surface area contributed by atoms with Crippen molar-refractivity contribution in [2.45, 2.75) is 26.3 Å². The third-order valence-corrected chi connectivity index (χ3v) is 4.16. The average molecular weight is 364 g/mol. The first-order valence-electron chi connectivity index (χ1n) is 6.37. The minimum Gasteiger partial charge on any atom is -0.482 e. The van der Waals surface area contributed by atoms with Crippen molar-refractivity contribution in [3.63, 3.8) is 0 Å². The molecule has 0 heterocycles. The fourth-order valence-corrected chi connectivity index (χ4v) is 2.25. The summed E-state index contributed by atoms with van der Waals surface area (Å²) in [6.07, 6.45) is 0. The van der Waals surface area contributed by atoms with Crippen LogP contribution in [0.2, 0.25) is 5.02 Å². The van der Waals surface area contributed by atoms with Crippen molar-refractivity contribution in [2.75, 3.05) is 13.2 Å². The number of nitrogens with two attached hydrogens (primary N) is 1. The van der Waals surface area contributed by atoms with Crippen LogP contribution in [0.5, 0.6) is 5.75 Å². The van der Waals surface area contributed by atoms with E-state index in [9.17, 15) is 4.79 Å². The molecule has 0 aliphatic heterocycles. The Kier molecular flexibility index (Phi) is 6.30. The van der Waals surface area contributed by atoms with Crippen molar-refractivity contribution in [3.05, 3.63) is 27.7 Å². The zero-order valence-electron chi connectivity index (χ0n) is 11.9. The zero-order chi connectivity index (χ0) is 15.3. The molecule has 20 heavy (non-hydrogen) atoms. The molecule has 1 rings (SSSR count). The highest BCUT2D eigenvalue weighted by Gasteiger charge is 2.28. The molecular formula is C14H20BrClN2O2. The predicted molar refractivity (Wildman–Crippen MR) is 85.1 cm³/mol. The van der Waals surface area contributed by atoms with Crippen molar-refractivity contribution in [3.8, 4) is 5.75 Å². The molecule has 0 saturated carbocycles. The van der Waals surface area contributed by atoms with E-state index in [-0.39, 0.29) is 18.4 Å². The molecule has 0 aromatic heterocycles. The summed E-state index contributed by atoms with van der Waals surface area (Å²) < 4.78 is 6.27. The molecule has 0 radical (unpaired) electrons. The Balaban J connectivity index is 2.59. The first-order chi connectivity index (χ1) is 9.28. The lowest BCUT2D eigenvalue weighted by Crippen LogP contribution is -2.56. The summed E-state index contributed by atoms with van der Waals surface area (Å²) in [5.41, 5.74) is 5.28. The van der Waals surface area contributed by atoms with E-state index in [1.807, 2.05) is 20.8 Å². The second-order valence-electron chi connectivity index (χ2n) is 5.19. The minimum atomic E-state index is -0.441. The Bertz CT molecular complexity index is 482. The van der Waals surface area contributed by atoms with Crippen molar-refractivity contribution in [1.29, 1.82) is 0 Å². The van der Waals surface area contributed by atoms with Gasteiger partial charge in [0.2, 0.25) is 0 Å². The van der Waals surface area contributed by atoms with Gasteiger partial charge in [-0.15, -0.1) is 0 Å². The number of nitrogens with one attached hydrogen (secondary N) is 1. The van der Waals surface area contributed by atoms with E-state index in [4.69, 9.17) is 22.1 Å². The smallest absolute Gasteiger partial charge is 0.258 e. The highest BCUT2D eigenvalue weighted by Crippen LogP contribution is 2.27. The monoisotopic (exact) mass is 362 g/mol. The summed E-state index contributed by atoms with van der Waals surface area (Å²) in [5.74, 6) is 0.488. The summed E-state index contributed by atoms with van der Waals surface area (Å²) in [7, 11) is 0. The second-order valence-corrected chi connectivity index (χ2v) is 6.51. The van der Waals surface area contributed by atoms with E-state index in [2.05, 4.69) is 21.2 Å². The number of carbonyl (C=O) groups excluding carboxylic acids is 1. The molecule has 0 spiro atoms. The summed E-state index contributed by atoms with van der Waals surface area (Å²) in [6, 6.07) is 5.23. The fourth-order valence-electron chi connectivity index (χ4n) is 1.52. The summed E-state index contributed by atoms with van der Waals surface area (Å²) >= 11 is 9.33. The van der Waals surface area contributed by atoms with Gasteiger partial charge in [-0.2, -0.15) is 0 Å². The van der Waals surface area contributed by atoms with Gasteiger partial charge in [0.1, 0.15) is 5.75 Å². The standard InChI is InChI=1S/C14H20BrClN2O2/c1-9(2)14(3,8-17)18-13(19)7-20-12-5-4-10(15)6-11(12)16/h4-6,9H,7-8,17H2,1-3H3,(H,18,19). The fraction of sp³-hybridized carbons (Fsp3) is 0.500. The van der Waals surface area contributed by atoms with Gasteiger partial charge in [-0.25, -0.2) is 0 Å². The molecule has 4 nitrogen and oxygen atoms in total. The minimum absolute atomic E-state index is 0.0936. The van der Waals surface area contributed by atoms with Crippen LogP contribution < -0.4 is 15.8 Å². The van der Waals surface area contributed by atoms with E-state index in [1.165, 1.54) is 0 Å². The molecule has 1 amide bonds. The van der Waals surface area contributed by atoms with E-state index in [0.29, 0.717) is 17.3 Å². The van der Waals surface area contributed by atoms with Crippen LogP contribution in [-0.4, -0.2) is 24.6 Å². The SMILES string of the molecule is CC(C)C(C)(CN)NC(=O)COc1ccc(Br)cc1Cl. The molecule has 1 atom stereocenters. The van der Waals surface area contributed by atoms with E-state index < -0.39 is 5.54 Å². The molecule has 0 aliphatic rings. The van der Waals surface area contributed by atoms with Crippen molar-refractivity contribution < 1.29 is 9.53 Å². The molecule has 0 aliphatic carbocycles. The Morgan fingerprint density at radius 2 is 2.20 bits per heavy atom. The summed E-state index contributed by atoms with van der Waals surface area (Å²) in [6.45, 7) is 6.22. The lowest BCUT2D eigenvalue weighted by Gasteiger charge is -2.33. The first-order valence-corrected chi connectivity index (χ1v) is 7.54. The maximum Gasteiger partial charge on any atom is 0.258 e. The van der Waals surface area contributed by atoms with Gasteiger partial charge in [0.05, 0.1) is 10.6 Å². The average Bonchev–Trinajstić information content (AvgIpc) is 2.37. The Hall–Kier alpha value is -0.780. The molecule has 0 fully saturated rings. The molecular weight excluding hydrogens is 344 g/mol. The van der Waals surface area contributed by atoms with Gasteiger partial charge >= 0.3 is 0 Å². The molecule has 1 aromatic rings. The van der Waals surface area contributed by atoms with Gasteiger partial charge in [0, 0.05) is 11.0 Å². The van der Waals surface area contributed by atoms with Crippen molar-refractivity contribution >= 4 is 33.4 Å². The number of halogens is 2. The van der Waals surface area contributed by atoms with Gasteiger partial charge in [0.25, 0.3) is 5.91 Å². The van der Waals surface area contributed by atoms with Crippen LogP contribution >= 0.6 is 27.5 Å². The van der Waals surface area contributed by atoms with E-state index >= 15 is 0 Å². The maximum absolute atomic E-state index is 11.9. The van der Waals surface area contributed by atoms with Crippen LogP contribution in [0.1, 0.15) is 20.8 Å². The van der Waals surface area contributed by atoms with Crippen molar-refractivity contribution in [1.82, 2.24) is 5.32 Å². The molecule has 3 N–H and O–H groups in total. The maximum atomic E-state index is 11.9. The number of hydrogen-bond donors (Lipinski definition) is 2. The Morgan fingerprint density at radius 3 is 2.70 bits per heavy atom. The zero-order valence-corrected chi connectivity index (χ0v) is 14.2. The number of benzene rings is 1. The Morgan fingerprint density at radius 1 is 1.55 bits per heavy atom. The molecule has 6 heteroatoms. The second kappa shape index (κ2) is 7.29. The van der Waals surface area contributed by atoms with Crippen LogP contribution in [0.4, 0.5) is 0 Å². The van der Waals surface area contributed by atoms with Gasteiger partial charge in [-0.1, -0.05) is 41.4 Å². The topological polar surface area (TPSA) is 64.3 Å². The molecule has 0 saturated heterocycles. The number of ether oxygens (including phenoxy) is 1. The van der Waals surface area contributed by atoms with Crippen LogP contribution in [0.3, 0.4) is 0 Å². The molecule has 1 aromatic carbocycles. The highest BCUT2D eigenvalue weighted by molar-refractivity contribution is 9.10. The van der Waals surface area contributed by atoms with Crippen LogP contribution in [0.25, 0.3) is 0 Å². The number of hydrogen-bond acceptors (Lipinski definition) is 3. The van der Waals surface area contributed by atoms with Crippen LogP contribution in [-0.2, 0) is 4.79 Å². The third-order valence-electron chi connectivity index (χ3n) is 3.38. The summed E-state index contributed by atoms with van der Waals surface area (Å²) in [5, 5.41) is 3.36. The number of carbonyl (C=O) groups is 1. The lowest BCUT2D eigenvalue weighted by atomic mass is 9.88. The van der Waals surface area contributed by atoms with Gasteiger partial charge in [0.15, 0.2) is 6.61 Å². The normalized spacial score (nSPS) is 13.9. The van der Waals surface area contributed by atoms with Crippen LogP contribution in [0.15, 0.2) is 22.7 Å².